The van der Waals surface area contributed by atoms with E-state index in [0.29, 0.717) is 31.1 Å². The zero-order valence-electron chi connectivity index (χ0n) is 14.5. The molecule has 0 bridgehead atoms. The summed E-state index contributed by atoms with van der Waals surface area (Å²) in [5.74, 6) is -0.267. The molecule has 0 aliphatic carbocycles. The molecule has 0 unspecified atom stereocenters. The van der Waals surface area contributed by atoms with Gasteiger partial charge in [-0.05, 0) is 43.8 Å². The second-order valence-electron chi connectivity index (χ2n) is 6.99. The van der Waals surface area contributed by atoms with Crippen molar-refractivity contribution in [3.05, 3.63) is 54.2 Å². The molecular weight excluding hydrogens is 337 g/mol. The summed E-state index contributed by atoms with van der Waals surface area (Å²) < 4.78 is 18.8. The molecule has 2 saturated heterocycles. The Hall–Kier alpha value is -2.67. The lowest BCUT2D eigenvalue weighted by atomic mass is 9.92. The zero-order chi connectivity index (χ0) is 18.3. The average molecular weight is 357 g/mol. The molecule has 26 heavy (non-hydrogen) atoms. The molecule has 1 aromatic carbocycles. The number of anilines is 1. The molecule has 1 atom stereocenters. The lowest BCUT2D eigenvalue weighted by molar-refractivity contribution is -0.123. The predicted molar refractivity (Wildman–Crippen MR) is 93.3 cm³/mol. The van der Waals surface area contributed by atoms with Gasteiger partial charge < -0.3 is 14.2 Å². The molecule has 2 aliphatic rings. The predicted octanol–water partition coefficient (Wildman–Crippen LogP) is 1.98. The highest BCUT2D eigenvalue weighted by Crippen LogP contribution is 2.34. The maximum atomic E-state index is 13.6. The van der Waals surface area contributed by atoms with Crippen LogP contribution in [0.15, 0.2) is 47.1 Å². The summed E-state index contributed by atoms with van der Waals surface area (Å²) >= 11 is 0. The van der Waals surface area contributed by atoms with Gasteiger partial charge in [-0.25, -0.2) is 4.39 Å². The molecule has 1 spiro atoms. The lowest BCUT2D eigenvalue weighted by Crippen LogP contribution is -2.64. The van der Waals surface area contributed by atoms with Gasteiger partial charge in [-0.15, -0.1) is 0 Å². The standard InChI is InChI=1S/C19H20FN3O3/c1-21-11-17(24)23(15-5-2-4-14(20)10-15)13-19(21)7-8-22(12-19)18(25)16-6-3-9-26-16/h2-6,9-10H,7-8,11-13H2,1H3/t19-/m1/s1. The van der Waals surface area contributed by atoms with E-state index in [9.17, 15) is 14.0 Å². The van der Waals surface area contributed by atoms with Crippen molar-refractivity contribution in [1.82, 2.24) is 9.80 Å². The Bertz CT molecular complexity index is 838. The fraction of sp³-hybridized carbons (Fsp3) is 0.368. The van der Waals surface area contributed by atoms with Crippen LogP contribution in [0.3, 0.4) is 0 Å². The van der Waals surface area contributed by atoms with E-state index in [1.165, 1.54) is 18.4 Å². The summed E-state index contributed by atoms with van der Waals surface area (Å²) in [6.07, 6.45) is 2.23. The lowest BCUT2D eigenvalue weighted by Gasteiger charge is -2.46. The first-order valence-corrected chi connectivity index (χ1v) is 8.58. The highest BCUT2D eigenvalue weighted by atomic mass is 19.1. The average Bonchev–Trinajstić information content (AvgIpc) is 3.29. The SMILES string of the molecule is CN1CC(=O)N(c2cccc(F)c2)C[C@]12CCN(C(=O)c1ccco1)C2. The third kappa shape index (κ3) is 2.78. The number of likely N-dealkylation sites (N-methyl/N-ethyl adjacent to an activating group) is 1. The van der Waals surface area contributed by atoms with Crippen LogP contribution >= 0.6 is 0 Å². The molecule has 6 nitrogen and oxygen atoms in total. The largest absolute Gasteiger partial charge is 0.459 e. The molecule has 1 aromatic heterocycles. The first-order chi connectivity index (χ1) is 12.5. The highest BCUT2D eigenvalue weighted by Gasteiger charge is 2.49. The Morgan fingerprint density at radius 2 is 2.08 bits per heavy atom. The van der Waals surface area contributed by atoms with E-state index in [0.717, 1.165) is 6.42 Å². The number of amides is 2. The van der Waals surface area contributed by atoms with Crippen molar-refractivity contribution in [2.75, 3.05) is 38.1 Å². The van der Waals surface area contributed by atoms with Crippen LogP contribution in [0.2, 0.25) is 0 Å². The van der Waals surface area contributed by atoms with Crippen LogP contribution in [0, 0.1) is 5.82 Å². The fourth-order valence-corrected chi connectivity index (χ4v) is 3.86. The first-order valence-electron chi connectivity index (χ1n) is 8.58. The number of carbonyl (C=O) groups excluding carboxylic acids is 2. The van der Waals surface area contributed by atoms with Gasteiger partial charge in [-0.3, -0.25) is 14.5 Å². The molecule has 2 fully saturated rings. The molecule has 2 aliphatic heterocycles. The molecule has 4 rings (SSSR count). The number of furan rings is 1. The summed E-state index contributed by atoms with van der Waals surface area (Å²) in [7, 11) is 1.90. The Labute approximate surface area is 150 Å². The minimum atomic E-state index is -0.371. The molecular formula is C19H20FN3O3. The molecule has 0 saturated carbocycles. The molecule has 7 heteroatoms. The van der Waals surface area contributed by atoms with Crippen molar-refractivity contribution in [3.8, 4) is 0 Å². The molecule has 0 radical (unpaired) electrons. The van der Waals surface area contributed by atoms with Gasteiger partial charge in [-0.1, -0.05) is 6.07 Å². The Kier molecular flexibility index (Phi) is 4.03. The number of nitrogens with zero attached hydrogens (tertiary/aromatic N) is 3. The molecule has 2 amide bonds. The van der Waals surface area contributed by atoms with Gasteiger partial charge in [0, 0.05) is 25.3 Å². The van der Waals surface area contributed by atoms with Crippen LogP contribution in [0.4, 0.5) is 10.1 Å². The van der Waals surface area contributed by atoms with Crippen LogP contribution in [-0.4, -0.2) is 60.4 Å². The number of carbonyl (C=O) groups is 2. The minimum absolute atomic E-state index is 0.0699. The van der Waals surface area contributed by atoms with Gasteiger partial charge in [0.2, 0.25) is 5.91 Å². The van der Waals surface area contributed by atoms with Crippen LogP contribution in [0.25, 0.3) is 0 Å². The Morgan fingerprint density at radius 1 is 1.23 bits per heavy atom. The van der Waals surface area contributed by atoms with Gasteiger partial charge >= 0.3 is 0 Å². The summed E-state index contributed by atoms with van der Waals surface area (Å²) in [4.78, 5) is 30.5. The quantitative estimate of drug-likeness (QED) is 0.825. The van der Waals surface area contributed by atoms with Crippen molar-refractivity contribution >= 4 is 17.5 Å². The number of piperazine rings is 1. The monoisotopic (exact) mass is 357 g/mol. The number of hydrogen-bond acceptors (Lipinski definition) is 4. The summed E-state index contributed by atoms with van der Waals surface area (Å²) in [6, 6.07) is 9.42. The van der Waals surface area contributed by atoms with E-state index in [1.807, 2.05) is 11.9 Å². The Morgan fingerprint density at radius 3 is 2.81 bits per heavy atom. The summed E-state index contributed by atoms with van der Waals surface area (Å²) in [5, 5.41) is 0. The molecule has 2 aromatic rings. The smallest absolute Gasteiger partial charge is 0.289 e. The van der Waals surface area contributed by atoms with Gasteiger partial charge in [0.15, 0.2) is 5.76 Å². The van der Waals surface area contributed by atoms with E-state index in [4.69, 9.17) is 4.42 Å². The second kappa shape index (κ2) is 6.25. The molecule has 3 heterocycles. The van der Waals surface area contributed by atoms with E-state index in [1.54, 1.807) is 34.1 Å². The van der Waals surface area contributed by atoms with Crippen LogP contribution in [0.1, 0.15) is 17.0 Å². The van der Waals surface area contributed by atoms with Crippen molar-refractivity contribution in [2.24, 2.45) is 0 Å². The number of hydrogen-bond donors (Lipinski definition) is 0. The second-order valence-corrected chi connectivity index (χ2v) is 6.99. The molecule has 0 N–H and O–H groups in total. The third-order valence-corrected chi connectivity index (χ3v) is 5.41. The van der Waals surface area contributed by atoms with E-state index in [2.05, 4.69) is 0 Å². The Balaban J connectivity index is 1.57. The van der Waals surface area contributed by atoms with E-state index in [-0.39, 0.29) is 29.7 Å². The minimum Gasteiger partial charge on any atom is -0.459 e. The summed E-state index contributed by atoms with van der Waals surface area (Å²) in [5.41, 5.74) is 0.209. The third-order valence-electron chi connectivity index (χ3n) is 5.41. The topological polar surface area (TPSA) is 57.0 Å². The van der Waals surface area contributed by atoms with Crippen LogP contribution < -0.4 is 4.90 Å². The number of likely N-dealkylation sites (tertiary alicyclic amines) is 1. The normalized spacial score (nSPS) is 23.8. The van der Waals surface area contributed by atoms with Crippen LogP contribution in [-0.2, 0) is 4.79 Å². The van der Waals surface area contributed by atoms with Gasteiger partial charge in [0.05, 0.1) is 18.3 Å². The maximum Gasteiger partial charge on any atom is 0.289 e. The fourth-order valence-electron chi connectivity index (χ4n) is 3.86. The van der Waals surface area contributed by atoms with Crippen LogP contribution in [0.5, 0.6) is 0 Å². The van der Waals surface area contributed by atoms with E-state index >= 15 is 0 Å². The van der Waals surface area contributed by atoms with Crippen molar-refractivity contribution in [1.29, 1.82) is 0 Å². The summed E-state index contributed by atoms with van der Waals surface area (Å²) in [6.45, 7) is 1.75. The number of halogens is 1. The van der Waals surface area contributed by atoms with Crippen molar-refractivity contribution < 1.29 is 18.4 Å². The van der Waals surface area contributed by atoms with Gasteiger partial charge in [-0.2, -0.15) is 0 Å². The maximum absolute atomic E-state index is 13.6. The first kappa shape index (κ1) is 16.8. The van der Waals surface area contributed by atoms with Gasteiger partial charge in [0.1, 0.15) is 5.82 Å². The van der Waals surface area contributed by atoms with Crippen molar-refractivity contribution in [3.63, 3.8) is 0 Å². The van der Waals surface area contributed by atoms with Crippen molar-refractivity contribution in [2.45, 2.75) is 12.0 Å². The zero-order valence-corrected chi connectivity index (χ0v) is 14.5. The number of benzene rings is 1. The molecule has 136 valence electrons. The van der Waals surface area contributed by atoms with Gasteiger partial charge in [0.25, 0.3) is 5.91 Å². The number of rotatable bonds is 2. The van der Waals surface area contributed by atoms with E-state index < -0.39 is 0 Å². The highest BCUT2D eigenvalue weighted by molar-refractivity contribution is 5.96.